The van der Waals surface area contributed by atoms with Crippen molar-refractivity contribution in [3.05, 3.63) is 194 Å². The molecule has 0 aliphatic heterocycles. The number of carbonyl (C=O) groups excluding carboxylic acids is 3. The van der Waals surface area contributed by atoms with Gasteiger partial charge in [-0.25, -0.2) is 0 Å². The molecule has 6 heteroatoms. The molecule has 1 atom stereocenters. The summed E-state index contributed by atoms with van der Waals surface area (Å²) in [5.41, 5.74) is 0. The van der Waals surface area contributed by atoms with Crippen molar-refractivity contribution in [2.75, 3.05) is 13.2 Å². The fourth-order valence-electron chi connectivity index (χ4n) is 7.50. The molecule has 0 fully saturated rings. The number of carbonyl (C=O) groups is 3. The minimum atomic E-state index is -0.839. The zero-order valence-corrected chi connectivity index (χ0v) is 50.0. The Bertz CT molecular complexity index is 1920. The molecule has 79 heavy (non-hydrogen) atoms. The Labute approximate surface area is 484 Å². The van der Waals surface area contributed by atoms with Gasteiger partial charge >= 0.3 is 17.9 Å². The molecule has 0 radical (unpaired) electrons. The Balaban J connectivity index is 4.56. The lowest BCUT2D eigenvalue weighted by Gasteiger charge is -2.18. The van der Waals surface area contributed by atoms with Crippen molar-refractivity contribution in [2.45, 2.75) is 232 Å². The molecule has 0 bridgehead atoms. The molecule has 0 amide bonds. The molecule has 0 saturated carbocycles. The number of unbranched alkanes of at least 4 members (excludes halogenated alkanes) is 10. The van der Waals surface area contributed by atoms with Gasteiger partial charge in [-0.2, -0.15) is 0 Å². The van der Waals surface area contributed by atoms with Gasteiger partial charge in [-0.3, -0.25) is 14.4 Å². The molecule has 0 heterocycles. The summed E-state index contributed by atoms with van der Waals surface area (Å²) in [7, 11) is 0. The lowest BCUT2D eigenvalue weighted by molar-refractivity contribution is -0.167. The van der Waals surface area contributed by atoms with Gasteiger partial charge in [-0.15, -0.1) is 0 Å². The first-order valence-corrected chi connectivity index (χ1v) is 30.9. The van der Waals surface area contributed by atoms with E-state index in [2.05, 4.69) is 215 Å². The van der Waals surface area contributed by atoms with Crippen LogP contribution >= 0.6 is 0 Å². The Morgan fingerprint density at radius 1 is 0.266 bits per heavy atom. The summed E-state index contributed by atoms with van der Waals surface area (Å²) < 4.78 is 16.8. The van der Waals surface area contributed by atoms with Crippen LogP contribution < -0.4 is 0 Å². The van der Waals surface area contributed by atoms with Gasteiger partial charge in [0, 0.05) is 19.3 Å². The predicted molar refractivity (Wildman–Crippen MR) is 343 cm³/mol. The van der Waals surface area contributed by atoms with Crippen molar-refractivity contribution in [2.24, 2.45) is 0 Å². The van der Waals surface area contributed by atoms with Crippen molar-refractivity contribution < 1.29 is 28.6 Å². The maximum atomic E-state index is 12.9. The van der Waals surface area contributed by atoms with Crippen molar-refractivity contribution in [1.82, 2.24) is 0 Å². The van der Waals surface area contributed by atoms with Gasteiger partial charge in [-0.1, -0.05) is 241 Å². The summed E-state index contributed by atoms with van der Waals surface area (Å²) >= 11 is 0. The highest BCUT2D eigenvalue weighted by Gasteiger charge is 2.19. The van der Waals surface area contributed by atoms with E-state index < -0.39 is 6.10 Å². The number of rotatable bonds is 53. The van der Waals surface area contributed by atoms with E-state index in [0.29, 0.717) is 19.3 Å². The third-order valence-corrected chi connectivity index (χ3v) is 12.0. The molecule has 0 aliphatic carbocycles. The summed E-state index contributed by atoms with van der Waals surface area (Å²) in [6, 6.07) is 0. The van der Waals surface area contributed by atoms with Crippen LogP contribution in [0.5, 0.6) is 0 Å². The smallest absolute Gasteiger partial charge is 0.306 e. The van der Waals surface area contributed by atoms with Crippen LogP contribution in [0, 0.1) is 0 Å². The van der Waals surface area contributed by atoms with E-state index in [-0.39, 0.29) is 44.0 Å². The maximum Gasteiger partial charge on any atom is 0.306 e. The zero-order valence-electron chi connectivity index (χ0n) is 50.0. The summed E-state index contributed by atoms with van der Waals surface area (Å²) in [6.45, 7) is 6.24. The van der Waals surface area contributed by atoms with Crippen molar-refractivity contribution >= 4 is 17.9 Å². The second-order valence-corrected chi connectivity index (χ2v) is 19.5. The average Bonchev–Trinajstić information content (AvgIpc) is 3.45. The van der Waals surface area contributed by atoms with Gasteiger partial charge in [0.25, 0.3) is 0 Å². The molecular weight excluding hydrogens is 973 g/mol. The minimum absolute atomic E-state index is 0.128. The number of hydrogen-bond acceptors (Lipinski definition) is 6. The highest BCUT2D eigenvalue weighted by Crippen LogP contribution is 2.12. The molecule has 0 aromatic heterocycles. The lowest BCUT2D eigenvalue weighted by Crippen LogP contribution is -2.30. The molecule has 0 aromatic rings. The highest BCUT2D eigenvalue weighted by atomic mass is 16.6. The normalized spacial score (nSPS) is 13.5. The zero-order chi connectivity index (χ0) is 57.1. The molecule has 0 rings (SSSR count). The third-order valence-electron chi connectivity index (χ3n) is 12.0. The maximum absolute atomic E-state index is 12.9. The van der Waals surface area contributed by atoms with Gasteiger partial charge in [0.1, 0.15) is 13.2 Å². The topological polar surface area (TPSA) is 78.9 Å². The predicted octanol–water partition coefficient (Wildman–Crippen LogP) is 21.4. The summed E-state index contributed by atoms with van der Waals surface area (Å²) in [4.78, 5) is 38.2. The van der Waals surface area contributed by atoms with Crippen LogP contribution in [0.15, 0.2) is 194 Å². The highest BCUT2D eigenvalue weighted by molar-refractivity contribution is 5.71. The van der Waals surface area contributed by atoms with E-state index in [0.717, 1.165) is 167 Å². The van der Waals surface area contributed by atoms with E-state index in [1.54, 1.807) is 0 Å². The van der Waals surface area contributed by atoms with Gasteiger partial charge in [0.05, 0.1) is 0 Å². The largest absolute Gasteiger partial charge is 0.462 e. The first-order chi connectivity index (χ1) is 39.0. The van der Waals surface area contributed by atoms with Crippen LogP contribution in [-0.2, 0) is 28.6 Å². The van der Waals surface area contributed by atoms with E-state index in [1.165, 1.54) is 6.42 Å². The second-order valence-electron chi connectivity index (χ2n) is 19.5. The first kappa shape index (κ1) is 73.2. The van der Waals surface area contributed by atoms with Crippen molar-refractivity contribution in [1.29, 1.82) is 0 Å². The molecule has 0 aromatic carbocycles. The SMILES string of the molecule is CC/C=C\C/C=C\C/C=C\C/C=C\C/C=C\C/C=C\C/C=C\C/C=C\CCCCC(=O)OCC(COC(=O)CCCCCCC/C=C\C/C=C\CCC)OC(=O)CCCC/C=C\C/C=C\C/C=C\C/C=C\C/C=C\C/C=C\CC. The fraction of sp³-hybridized carbons (Fsp3) is 0.521. The Kier molecular flexibility index (Phi) is 60.1. The van der Waals surface area contributed by atoms with Crippen molar-refractivity contribution in [3.63, 3.8) is 0 Å². The summed E-state index contributed by atoms with van der Waals surface area (Å²) in [5.74, 6) is -1.04. The van der Waals surface area contributed by atoms with Gasteiger partial charge in [-0.05, 0) is 161 Å². The standard InChI is InChI=1S/C73H110O6/c1-4-7-10-13-16-19-22-25-27-29-31-33-34-35-36-37-38-40-41-43-45-48-51-54-57-60-63-66-72(75)78-69-70(68-77-71(74)65-62-59-56-53-50-47-24-21-18-15-12-9-6-3)79-73(76)67-64-61-58-55-52-49-46-44-42-39-32-30-28-26-23-20-17-14-11-8-5-2/h7-8,10-12,15-17,19-21,24-28,31-33,35-36,38-40,43-46,51-52,54-55,70H,4-6,9,13-14,18,22-23,29-30,34,37,41-42,47-50,53,56-69H2,1-3H3/b10-7-,11-8-,15-12-,19-16-,20-17-,24-21-,27-25-,28-26-,33-31-,36-35-,39-32-,40-38-,45-43-,46-44-,54-51-,55-52-. The fourth-order valence-corrected chi connectivity index (χ4v) is 7.50. The Morgan fingerprint density at radius 3 is 0.797 bits per heavy atom. The third kappa shape index (κ3) is 63.0. The lowest BCUT2D eigenvalue weighted by atomic mass is 10.1. The number of esters is 3. The van der Waals surface area contributed by atoms with Crippen molar-refractivity contribution in [3.8, 4) is 0 Å². The first-order valence-electron chi connectivity index (χ1n) is 30.9. The molecule has 0 aliphatic rings. The Hall–Kier alpha value is -5.75. The molecule has 1 unspecified atom stereocenters. The molecule has 0 N–H and O–H groups in total. The molecule has 6 nitrogen and oxygen atoms in total. The molecule has 438 valence electrons. The number of hydrogen-bond donors (Lipinski definition) is 0. The van der Waals surface area contributed by atoms with Gasteiger partial charge < -0.3 is 14.2 Å². The monoisotopic (exact) mass is 1080 g/mol. The second kappa shape index (κ2) is 64.8. The Morgan fingerprint density at radius 2 is 0.494 bits per heavy atom. The van der Waals surface area contributed by atoms with Crippen LogP contribution in [0.1, 0.15) is 226 Å². The van der Waals surface area contributed by atoms with E-state index in [9.17, 15) is 14.4 Å². The molecular formula is C73H110O6. The molecule has 0 saturated heterocycles. The van der Waals surface area contributed by atoms with Gasteiger partial charge in [0.2, 0.25) is 0 Å². The van der Waals surface area contributed by atoms with Crippen LogP contribution in [0.4, 0.5) is 0 Å². The molecule has 0 spiro atoms. The summed E-state index contributed by atoms with van der Waals surface area (Å²) in [5, 5.41) is 0. The van der Waals surface area contributed by atoms with Crippen LogP contribution in [-0.4, -0.2) is 37.2 Å². The van der Waals surface area contributed by atoms with Crippen LogP contribution in [0.3, 0.4) is 0 Å². The number of allylic oxidation sites excluding steroid dienone is 32. The van der Waals surface area contributed by atoms with E-state index in [1.807, 2.05) is 0 Å². The number of ether oxygens (including phenoxy) is 3. The summed E-state index contributed by atoms with van der Waals surface area (Å²) in [6.07, 6.45) is 98.6. The average molecular weight is 1080 g/mol. The van der Waals surface area contributed by atoms with Gasteiger partial charge in [0.15, 0.2) is 6.10 Å². The van der Waals surface area contributed by atoms with E-state index in [4.69, 9.17) is 14.2 Å². The minimum Gasteiger partial charge on any atom is -0.462 e. The van der Waals surface area contributed by atoms with Crippen LogP contribution in [0.25, 0.3) is 0 Å². The van der Waals surface area contributed by atoms with E-state index >= 15 is 0 Å². The quantitative estimate of drug-likeness (QED) is 0.0261. The van der Waals surface area contributed by atoms with Crippen LogP contribution in [0.2, 0.25) is 0 Å².